The minimum absolute atomic E-state index is 0.285. The summed E-state index contributed by atoms with van der Waals surface area (Å²) in [4.78, 5) is 0. The molecule has 0 radical (unpaired) electrons. The molecule has 3 rings (SSSR count). The predicted molar refractivity (Wildman–Crippen MR) is 74.6 cm³/mol. The molecule has 1 aliphatic heterocycles. The molecule has 0 saturated carbocycles. The molecule has 0 bridgehead atoms. The van der Waals surface area contributed by atoms with Crippen molar-refractivity contribution in [2.24, 2.45) is 0 Å². The van der Waals surface area contributed by atoms with Crippen molar-refractivity contribution in [3.8, 4) is 11.4 Å². The maximum Gasteiger partial charge on any atom is 0.164 e. The first-order valence-electron chi connectivity index (χ1n) is 5.68. The second-order valence-electron chi connectivity index (χ2n) is 4.22. The van der Waals surface area contributed by atoms with Gasteiger partial charge in [-0.05, 0) is 41.6 Å². The molecule has 1 aromatic carbocycles. The fourth-order valence-electron chi connectivity index (χ4n) is 2.18. The van der Waals surface area contributed by atoms with Gasteiger partial charge in [0.15, 0.2) is 5.82 Å². The summed E-state index contributed by atoms with van der Waals surface area (Å²) in [5.41, 5.74) is 1.14. The summed E-state index contributed by atoms with van der Waals surface area (Å²) in [5, 5.41) is 12.0. The quantitative estimate of drug-likeness (QED) is 0.810. The van der Waals surface area contributed by atoms with Crippen LogP contribution in [0.25, 0.3) is 11.4 Å². The van der Waals surface area contributed by atoms with Crippen LogP contribution in [0.1, 0.15) is 18.8 Å². The smallest absolute Gasteiger partial charge is 0.164 e. The van der Waals surface area contributed by atoms with Gasteiger partial charge in [0.05, 0.1) is 6.04 Å². The van der Waals surface area contributed by atoms with Crippen molar-refractivity contribution in [3.63, 3.8) is 0 Å². The second-order valence-corrected chi connectivity index (χ2v) is 5.47. The third-order valence-corrected chi connectivity index (χ3v) is 3.71. The van der Waals surface area contributed by atoms with E-state index in [9.17, 15) is 0 Å². The first-order valence-corrected chi connectivity index (χ1v) is 6.76. The lowest BCUT2D eigenvalue weighted by Crippen LogP contribution is -2.32. The zero-order chi connectivity index (χ0) is 11.8. The van der Waals surface area contributed by atoms with Crippen molar-refractivity contribution in [3.05, 3.63) is 33.7 Å². The van der Waals surface area contributed by atoms with E-state index in [-0.39, 0.29) is 6.04 Å². The Hall–Kier alpha value is -0.950. The molecule has 2 heterocycles. The first-order chi connectivity index (χ1) is 8.25. The number of nitrogens with zero attached hydrogens (tertiary/aromatic N) is 3. The van der Waals surface area contributed by atoms with Crippen LogP contribution in [0.2, 0.25) is 0 Å². The van der Waals surface area contributed by atoms with E-state index in [1.165, 1.54) is 3.57 Å². The molecule has 1 atom stereocenters. The van der Waals surface area contributed by atoms with E-state index in [0.29, 0.717) is 0 Å². The molecule has 0 fully saturated rings. The van der Waals surface area contributed by atoms with E-state index in [4.69, 9.17) is 0 Å². The number of aromatic nitrogens is 3. The van der Waals surface area contributed by atoms with E-state index < -0.39 is 0 Å². The minimum Gasteiger partial charge on any atom is -0.308 e. The Labute approximate surface area is 114 Å². The Balaban J connectivity index is 2.10. The summed E-state index contributed by atoms with van der Waals surface area (Å²) >= 11 is 2.32. The molecule has 0 aliphatic carbocycles. The van der Waals surface area contributed by atoms with Crippen LogP contribution in [0.15, 0.2) is 24.3 Å². The van der Waals surface area contributed by atoms with Gasteiger partial charge in [-0.15, -0.1) is 10.2 Å². The van der Waals surface area contributed by atoms with Crippen LogP contribution >= 0.6 is 22.6 Å². The lowest BCUT2D eigenvalue weighted by atomic mass is 10.2. The highest BCUT2D eigenvalue weighted by atomic mass is 127. The van der Waals surface area contributed by atoms with Gasteiger partial charge in [-0.25, -0.2) is 0 Å². The molecule has 1 aliphatic rings. The number of rotatable bonds is 1. The average Bonchev–Trinajstić information content (AvgIpc) is 2.74. The van der Waals surface area contributed by atoms with E-state index in [2.05, 4.69) is 73.9 Å². The molecular formula is C12H13IN4. The lowest BCUT2D eigenvalue weighted by Gasteiger charge is -2.21. The average molecular weight is 340 g/mol. The molecule has 0 amide bonds. The Kier molecular flexibility index (Phi) is 2.87. The number of halogens is 1. The molecule has 1 N–H and O–H groups in total. The molecule has 4 nitrogen and oxygen atoms in total. The summed E-state index contributed by atoms with van der Waals surface area (Å²) in [6.45, 7) is 4.04. The lowest BCUT2D eigenvalue weighted by molar-refractivity contribution is 0.439. The maximum atomic E-state index is 4.33. The molecule has 17 heavy (non-hydrogen) atoms. The number of benzene rings is 1. The summed E-state index contributed by atoms with van der Waals surface area (Å²) in [6, 6.07) is 8.66. The van der Waals surface area contributed by atoms with E-state index >= 15 is 0 Å². The molecule has 2 aromatic rings. The van der Waals surface area contributed by atoms with Crippen LogP contribution in [-0.4, -0.2) is 21.3 Å². The van der Waals surface area contributed by atoms with Gasteiger partial charge in [0, 0.05) is 22.2 Å². The van der Waals surface area contributed by atoms with Crippen molar-refractivity contribution < 1.29 is 0 Å². The van der Waals surface area contributed by atoms with E-state index in [1.54, 1.807) is 0 Å². The minimum atomic E-state index is 0.285. The van der Waals surface area contributed by atoms with E-state index in [1.807, 2.05) is 0 Å². The van der Waals surface area contributed by atoms with Gasteiger partial charge >= 0.3 is 0 Å². The summed E-state index contributed by atoms with van der Waals surface area (Å²) in [7, 11) is 0. The summed E-state index contributed by atoms with van der Waals surface area (Å²) < 4.78 is 3.44. The standard InChI is InChI=1S/C12H13IN4/c1-8-11-15-16-12(17(11)6-5-14-8)9-3-2-4-10(13)7-9/h2-4,7-8,14H,5-6H2,1H3. The van der Waals surface area contributed by atoms with Crippen LogP contribution in [0, 0.1) is 3.57 Å². The largest absolute Gasteiger partial charge is 0.308 e. The summed E-state index contributed by atoms with van der Waals surface area (Å²) in [5.74, 6) is 2.01. The second kappa shape index (κ2) is 4.38. The molecule has 0 saturated heterocycles. The van der Waals surface area contributed by atoms with Gasteiger partial charge in [0.2, 0.25) is 0 Å². The predicted octanol–water partition coefficient (Wildman–Crippen LogP) is 2.21. The SMILES string of the molecule is CC1NCCn2c(-c3cccc(I)c3)nnc21. The molecule has 5 heteroatoms. The Morgan fingerprint density at radius 1 is 1.41 bits per heavy atom. The van der Waals surface area contributed by atoms with Crippen molar-refractivity contribution in [1.29, 1.82) is 0 Å². The van der Waals surface area contributed by atoms with Crippen LogP contribution in [-0.2, 0) is 6.54 Å². The Morgan fingerprint density at radius 3 is 3.12 bits per heavy atom. The zero-order valence-corrected chi connectivity index (χ0v) is 11.7. The van der Waals surface area contributed by atoms with Gasteiger partial charge in [-0.3, -0.25) is 0 Å². The van der Waals surface area contributed by atoms with Crippen molar-refractivity contribution >= 4 is 22.6 Å². The molecule has 1 aromatic heterocycles. The number of fused-ring (bicyclic) bond motifs is 1. The van der Waals surface area contributed by atoms with E-state index in [0.717, 1.165) is 30.3 Å². The molecule has 88 valence electrons. The third kappa shape index (κ3) is 1.97. The molecule has 0 spiro atoms. The van der Waals surface area contributed by atoms with Gasteiger partial charge in [-0.1, -0.05) is 12.1 Å². The van der Waals surface area contributed by atoms with Crippen LogP contribution in [0.4, 0.5) is 0 Å². The van der Waals surface area contributed by atoms with Crippen LogP contribution in [0.5, 0.6) is 0 Å². The fraction of sp³-hybridized carbons (Fsp3) is 0.333. The first kappa shape index (κ1) is 11.2. The topological polar surface area (TPSA) is 42.7 Å². The molecule has 1 unspecified atom stereocenters. The van der Waals surface area contributed by atoms with Crippen molar-refractivity contribution in [2.75, 3.05) is 6.54 Å². The van der Waals surface area contributed by atoms with Gasteiger partial charge in [0.1, 0.15) is 5.82 Å². The Morgan fingerprint density at radius 2 is 2.29 bits per heavy atom. The van der Waals surface area contributed by atoms with Crippen molar-refractivity contribution in [2.45, 2.75) is 19.5 Å². The van der Waals surface area contributed by atoms with Gasteiger partial charge in [-0.2, -0.15) is 0 Å². The Bertz CT molecular complexity index is 549. The third-order valence-electron chi connectivity index (χ3n) is 3.04. The van der Waals surface area contributed by atoms with Crippen molar-refractivity contribution in [1.82, 2.24) is 20.1 Å². The number of nitrogens with one attached hydrogen (secondary N) is 1. The van der Waals surface area contributed by atoms with Gasteiger partial charge < -0.3 is 9.88 Å². The highest BCUT2D eigenvalue weighted by molar-refractivity contribution is 14.1. The highest BCUT2D eigenvalue weighted by Gasteiger charge is 2.21. The van der Waals surface area contributed by atoms with Crippen LogP contribution < -0.4 is 5.32 Å². The number of hydrogen-bond donors (Lipinski definition) is 1. The normalized spacial score (nSPS) is 19.1. The fourth-order valence-corrected chi connectivity index (χ4v) is 2.72. The van der Waals surface area contributed by atoms with Crippen LogP contribution in [0.3, 0.4) is 0 Å². The molecular weight excluding hydrogens is 327 g/mol. The van der Waals surface area contributed by atoms with Gasteiger partial charge in [0.25, 0.3) is 0 Å². The maximum absolute atomic E-state index is 4.33. The monoisotopic (exact) mass is 340 g/mol. The number of hydrogen-bond acceptors (Lipinski definition) is 3. The highest BCUT2D eigenvalue weighted by Crippen LogP contribution is 2.24. The summed E-state index contributed by atoms with van der Waals surface area (Å²) in [6.07, 6.45) is 0. The zero-order valence-electron chi connectivity index (χ0n) is 9.52.